The molecule has 2 aromatic carbocycles. The van der Waals surface area contributed by atoms with Crippen LogP contribution < -0.4 is 5.73 Å². The van der Waals surface area contributed by atoms with E-state index in [9.17, 15) is 9.90 Å². The molecule has 0 bridgehead atoms. The second-order valence-electron chi connectivity index (χ2n) is 6.64. The first kappa shape index (κ1) is 15.0. The second kappa shape index (κ2) is 5.34. The zero-order chi connectivity index (χ0) is 17.8. The molecule has 3 aromatic heterocycles. The van der Waals surface area contributed by atoms with E-state index in [2.05, 4.69) is 33.8 Å². The lowest BCUT2D eigenvalue weighted by molar-refractivity contribution is -0.138. The van der Waals surface area contributed by atoms with Crippen molar-refractivity contribution in [1.29, 1.82) is 0 Å². The molecule has 0 saturated carbocycles. The molecule has 0 radical (unpaired) electrons. The number of carboxylic acid groups (broad SMARTS) is 1. The number of hydrogen-bond donors (Lipinski definition) is 3. The van der Waals surface area contributed by atoms with E-state index in [1.54, 1.807) is 0 Å². The zero-order valence-corrected chi connectivity index (χ0v) is 13.9. The lowest BCUT2D eigenvalue weighted by atomic mass is 10.0. The van der Waals surface area contributed by atoms with Gasteiger partial charge in [0.05, 0.1) is 16.6 Å². The molecule has 1 atom stereocenters. The van der Waals surface area contributed by atoms with Crippen molar-refractivity contribution in [3.63, 3.8) is 0 Å². The van der Waals surface area contributed by atoms with Crippen molar-refractivity contribution < 1.29 is 9.90 Å². The maximum atomic E-state index is 11.4. The lowest BCUT2D eigenvalue weighted by Crippen LogP contribution is -2.32. The minimum absolute atomic E-state index is 0.279. The molecule has 0 unspecified atom stereocenters. The Morgan fingerprint density at radius 3 is 2.58 bits per heavy atom. The van der Waals surface area contributed by atoms with Crippen LogP contribution in [0.3, 0.4) is 0 Å². The molecule has 0 aliphatic rings. The van der Waals surface area contributed by atoms with Crippen molar-refractivity contribution in [3.8, 4) is 0 Å². The van der Waals surface area contributed by atoms with Crippen LogP contribution in [-0.4, -0.2) is 26.5 Å². The van der Waals surface area contributed by atoms with Crippen molar-refractivity contribution in [1.82, 2.24) is 9.38 Å². The monoisotopic (exact) mass is 343 g/mol. The number of pyridine rings is 1. The third kappa shape index (κ3) is 1.98. The van der Waals surface area contributed by atoms with E-state index in [0.29, 0.717) is 0 Å². The first-order valence-corrected chi connectivity index (χ1v) is 8.54. The van der Waals surface area contributed by atoms with Gasteiger partial charge in [0.2, 0.25) is 0 Å². The second-order valence-corrected chi connectivity index (χ2v) is 6.64. The van der Waals surface area contributed by atoms with Gasteiger partial charge in [-0.25, -0.2) is 0 Å². The van der Waals surface area contributed by atoms with Gasteiger partial charge in [0.15, 0.2) is 0 Å². The van der Waals surface area contributed by atoms with Gasteiger partial charge in [0, 0.05) is 34.3 Å². The number of carbonyl (C=O) groups is 1. The van der Waals surface area contributed by atoms with Gasteiger partial charge < -0.3 is 20.2 Å². The fraction of sp³-hybridized carbons (Fsp3) is 0.0952. The lowest BCUT2D eigenvalue weighted by Gasteiger charge is -2.07. The smallest absolute Gasteiger partial charge is 0.320 e. The van der Waals surface area contributed by atoms with Gasteiger partial charge in [-0.1, -0.05) is 36.4 Å². The molecule has 3 heterocycles. The molecule has 4 N–H and O–H groups in total. The normalized spacial score (nSPS) is 13.1. The third-order valence-corrected chi connectivity index (χ3v) is 5.13. The molecule has 26 heavy (non-hydrogen) atoms. The van der Waals surface area contributed by atoms with Crippen LogP contribution in [0, 0.1) is 0 Å². The SMILES string of the molecule is N[C@@H](Cc1c2ccccc2n2ccc3c4ccccc4[nH]c3c12)C(=O)O. The van der Waals surface area contributed by atoms with Crippen molar-refractivity contribution in [2.24, 2.45) is 5.73 Å². The summed E-state index contributed by atoms with van der Waals surface area (Å²) in [5.41, 5.74) is 11.0. The molecule has 0 aliphatic heterocycles. The Kier molecular flexibility index (Phi) is 3.08. The van der Waals surface area contributed by atoms with E-state index in [-0.39, 0.29) is 6.42 Å². The first-order valence-electron chi connectivity index (χ1n) is 8.54. The Balaban J connectivity index is 1.96. The highest BCUT2D eigenvalue weighted by atomic mass is 16.4. The fourth-order valence-electron chi connectivity index (χ4n) is 3.94. The first-order chi connectivity index (χ1) is 12.6. The number of H-pyrrole nitrogens is 1. The molecule has 5 aromatic rings. The fourth-order valence-corrected chi connectivity index (χ4v) is 3.94. The predicted octanol–water partition coefficient (Wildman–Crippen LogP) is 3.68. The Bertz CT molecular complexity index is 1310. The number of aliphatic carboxylic acids is 1. The van der Waals surface area contributed by atoms with Gasteiger partial charge in [0.25, 0.3) is 0 Å². The maximum absolute atomic E-state index is 11.4. The largest absolute Gasteiger partial charge is 0.480 e. The number of nitrogens with zero attached hydrogens (tertiary/aromatic N) is 1. The van der Waals surface area contributed by atoms with Crippen LogP contribution in [0.25, 0.3) is 38.2 Å². The summed E-state index contributed by atoms with van der Waals surface area (Å²) in [5, 5.41) is 12.6. The summed E-state index contributed by atoms with van der Waals surface area (Å²) in [6.07, 6.45) is 2.33. The van der Waals surface area contributed by atoms with Crippen LogP contribution in [0.5, 0.6) is 0 Å². The molecule has 5 rings (SSSR count). The number of para-hydroxylation sites is 2. The summed E-state index contributed by atoms with van der Waals surface area (Å²) in [7, 11) is 0. The van der Waals surface area contributed by atoms with Crippen LogP contribution in [0.15, 0.2) is 60.8 Å². The van der Waals surface area contributed by atoms with E-state index in [4.69, 9.17) is 5.73 Å². The number of hydrogen-bond acceptors (Lipinski definition) is 2. The highest BCUT2D eigenvalue weighted by Crippen LogP contribution is 2.35. The van der Waals surface area contributed by atoms with E-state index in [1.807, 2.05) is 36.4 Å². The van der Waals surface area contributed by atoms with Crippen molar-refractivity contribution in [2.75, 3.05) is 0 Å². The van der Waals surface area contributed by atoms with Crippen molar-refractivity contribution in [2.45, 2.75) is 12.5 Å². The van der Waals surface area contributed by atoms with E-state index in [0.717, 1.165) is 43.8 Å². The topological polar surface area (TPSA) is 83.5 Å². The number of aromatic amines is 1. The maximum Gasteiger partial charge on any atom is 0.320 e. The Morgan fingerprint density at radius 1 is 1.04 bits per heavy atom. The molecule has 0 aliphatic carbocycles. The molecular formula is C21H17N3O2. The number of aromatic nitrogens is 2. The van der Waals surface area contributed by atoms with Crippen molar-refractivity contribution in [3.05, 3.63) is 66.4 Å². The molecule has 0 amide bonds. The molecule has 0 saturated heterocycles. The quantitative estimate of drug-likeness (QED) is 0.467. The Labute approximate surface area is 148 Å². The summed E-state index contributed by atoms with van der Waals surface area (Å²) in [5.74, 6) is -0.989. The van der Waals surface area contributed by atoms with Gasteiger partial charge in [-0.15, -0.1) is 0 Å². The van der Waals surface area contributed by atoms with Crippen LogP contribution in [-0.2, 0) is 11.2 Å². The van der Waals surface area contributed by atoms with E-state index in [1.165, 1.54) is 0 Å². The van der Waals surface area contributed by atoms with Crippen LogP contribution in [0.2, 0.25) is 0 Å². The summed E-state index contributed by atoms with van der Waals surface area (Å²) < 4.78 is 2.12. The minimum atomic E-state index is -0.989. The summed E-state index contributed by atoms with van der Waals surface area (Å²) in [4.78, 5) is 14.9. The number of rotatable bonds is 3. The van der Waals surface area contributed by atoms with E-state index < -0.39 is 12.0 Å². The number of nitrogens with one attached hydrogen (secondary N) is 1. The molecule has 0 spiro atoms. The van der Waals surface area contributed by atoms with Gasteiger partial charge in [0.1, 0.15) is 6.04 Å². The standard InChI is InChI=1S/C21H17N3O2/c22-16(21(25)26)11-15-13-6-2-4-8-18(13)24-10-9-14-12-5-1-3-7-17(12)23-19(14)20(15)24/h1-10,16,23H,11,22H2,(H,25,26)/t16-/m0/s1. The van der Waals surface area contributed by atoms with Gasteiger partial charge >= 0.3 is 5.97 Å². The van der Waals surface area contributed by atoms with Crippen LogP contribution in [0.4, 0.5) is 0 Å². The van der Waals surface area contributed by atoms with Crippen LogP contribution >= 0.6 is 0 Å². The van der Waals surface area contributed by atoms with E-state index >= 15 is 0 Å². The van der Waals surface area contributed by atoms with Gasteiger partial charge in [-0.3, -0.25) is 4.79 Å². The highest BCUT2D eigenvalue weighted by molar-refractivity contribution is 6.14. The predicted molar refractivity (Wildman–Crippen MR) is 104 cm³/mol. The molecule has 0 fully saturated rings. The Hall–Kier alpha value is -3.31. The number of benzene rings is 2. The number of nitrogens with two attached hydrogens (primary N) is 1. The number of fused-ring (bicyclic) bond motifs is 7. The van der Waals surface area contributed by atoms with Gasteiger partial charge in [-0.2, -0.15) is 0 Å². The van der Waals surface area contributed by atoms with Crippen molar-refractivity contribution >= 4 is 44.2 Å². The molecule has 5 heteroatoms. The highest BCUT2D eigenvalue weighted by Gasteiger charge is 2.21. The average Bonchev–Trinajstić information content (AvgIpc) is 3.18. The van der Waals surface area contributed by atoms with Gasteiger partial charge in [-0.05, 0) is 23.8 Å². The van der Waals surface area contributed by atoms with Crippen LogP contribution in [0.1, 0.15) is 5.56 Å². The molecule has 5 nitrogen and oxygen atoms in total. The number of carboxylic acids is 1. The Morgan fingerprint density at radius 2 is 1.77 bits per heavy atom. The zero-order valence-electron chi connectivity index (χ0n) is 13.9. The summed E-state index contributed by atoms with van der Waals surface area (Å²) in [6.45, 7) is 0. The third-order valence-electron chi connectivity index (χ3n) is 5.13. The molecular weight excluding hydrogens is 326 g/mol. The molecule has 128 valence electrons. The minimum Gasteiger partial charge on any atom is -0.480 e. The average molecular weight is 343 g/mol. The summed E-state index contributed by atoms with van der Waals surface area (Å²) >= 11 is 0. The summed E-state index contributed by atoms with van der Waals surface area (Å²) in [6, 6.07) is 17.4.